The quantitative estimate of drug-likeness (QED) is 0.138. The zero-order valence-corrected chi connectivity index (χ0v) is 27.0. The number of aromatic nitrogens is 1. The first-order valence-corrected chi connectivity index (χ1v) is 15.5. The summed E-state index contributed by atoms with van der Waals surface area (Å²) in [5.41, 5.74) is -1.49. The highest BCUT2D eigenvalue weighted by Gasteiger charge is 2.31. The number of rotatable bonds is 8. The summed E-state index contributed by atoms with van der Waals surface area (Å²) < 4.78 is 77.5. The van der Waals surface area contributed by atoms with Crippen LogP contribution in [-0.2, 0) is 32.2 Å². The molecule has 4 N–H and O–H groups in total. The van der Waals surface area contributed by atoms with Gasteiger partial charge in [0.05, 0.1) is 33.9 Å². The van der Waals surface area contributed by atoms with Crippen molar-refractivity contribution in [3.63, 3.8) is 0 Å². The average Bonchev–Trinajstić information content (AvgIpc) is 2.90. The second kappa shape index (κ2) is 14.3. The number of hydrogen-bond donors (Lipinski definition) is 4. The number of sulfonamides is 1. The van der Waals surface area contributed by atoms with Gasteiger partial charge in [-0.25, -0.2) is 23.0 Å². The monoisotopic (exact) mass is 666 g/mol. The van der Waals surface area contributed by atoms with Crippen LogP contribution in [0, 0.1) is 0 Å². The minimum Gasteiger partial charge on any atom is -0.444 e. The second-order valence-electron chi connectivity index (χ2n) is 12.0. The van der Waals surface area contributed by atoms with Gasteiger partial charge < -0.3 is 14.8 Å². The lowest BCUT2D eigenvalue weighted by molar-refractivity contribution is -0.137. The maximum atomic E-state index is 12.9. The highest BCUT2D eigenvalue weighted by molar-refractivity contribution is 7.92. The molecular formula is C30H37F3N6O6S. The van der Waals surface area contributed by atoms with Gasteiger partial charge in [-0.05, 0) is 77.9 Å². The zero-order valence-electron chi connectivity index (χ0n) is 26.2. The number of guanidine groups is 1. The number of carbonyl (C=O) groups is 2. The van der Waals surface area contributed by atoms with E-state index in [4.69, 9.17) is 9.47 Å². The van der Waals surface area contributed by atoms with Crippen LogP contribution in [0.1, 0.15) is 52.8 Å². The minimum absolute atomic E-state index is 0.118. The van der Waals surface area contributed by atoms with Crippen molar-refractivity contribution >= 4 is 44.8 Å². The van der Waals surface area contributed by atoms with Gasteiger partial charge in [0.15, 0.2) is 0 Å². The molecule has 0 aliphatic heterocycles. The van der Waals surface area contributed by atoms with Gasteiger partial charge in [0.25, 0.3) is 10.0 Å². The number of benzene rings is 2. The third kappa shape index (κ3) is 11.5. The van der Waals surface area contributed by atoms with Crippen LogP contribution in [-0.4, -0.2) is 55.8 Å². The van der Waals surface area contributed by atoms with E-state index in [-0.39, 0.29) is 36.2 Å². The molecular weight excluding hydrogens is 629 g/mol. The summed E-state index contributed by atoms with van der Waals surface area (Å²) in [6, 6.07) is 11.5. The lowest BCUT2D eigenvalue weighted by Gasteiger charge is -2.22. The van der Waals surface area contributed by atoms with Crippen LogP contribution in [0.5, 0.6) is 0 Å². The maximum absolute atomic E-state index is 12.9. The van der Waals surface area contributed by atoms with Crippen molar-refractivity contribution in [1.82, 2.24) is 20.9 Å². The summed E-state index contributed by atoms with van der Waals surface area (Å²) in [5.74, 6) is -0.167. The largest absolute Gasteiger partial charge is 0.444 e. The number of ether oxygens (including phenoxy) is 2. The lowest BCUT2D eigenvalue weighted by Crippen LogP contribution is -2.47. The molecule has 0 aliphatic carbocycles. The Kier molecular flexibility index (Phi) is 11.2. The third-order valence-electron chi connectivity index (χ3n) is 5.62. The maximum Gasteiger partial charge on any atom is 0.416 e. The molecule has 0 radical (unpaired) electrons. The Bertz CT molecular complexity index is 1650. The molecule has 0 saturated carbocycles. The predicted octanol–water partition coefficient (Wildman–Crippen LogP) is 5.55. The highest BCUT2D eigenvalue weighted by Crippen LogP contribution is 2.30. The van der Waals surface area contributed by atoms with Crippen molar-refractivity contribution < 1.29 is 40.7 Å². The fourth-order valence-corrected chi connectivity index (χ4v) is 4.84. The number of para-hydroxylation sites is 1. The number of alkyl halides is 3. The molecule has 12 nitrogen and oxygen atoms in total. The van der Waals surface area contributed by atoms with Gasteiger partial charge >= 0.3 is 18.4 Å². The van der Waals surface area contributed by atoms with Crippen LogP contribution in [0.3, 0.4) is 0 Å². The second-order valence-corrected chi connectivity index (χ2v) is 13.7. The summed E-state index contributed by atoms with van der Waals surface area (Å²) in [6.07, 6.45) is -6.23. The minimum atomic E-state index is -4.59. The summed E-state index contributed by atoms with van der Waals surface area (Å²) in [5, 5.41) is 8.55. The molecule has 16 heteroatoms. The molecule has 0 atom stereocenters. The number of halogens is 3. The van der Waals surface area contributed by atoms with E-state index in [2.05, 4.69) is 30.6 Å². The van der Waals surface area contributed by atoms with Gasteiger partial charge in [0.2, 0.25) is 5.96 Å². The standard InChI is InChI=1S/C30H37F3N6O6S/c1-28(2,3)44-26(40)37-25(38-27(41)45-29(4,5)6)35-17-16-34-18-21-13-10-19-8-7-9-23(24(19)36-21)39-46(42,43)22-14-11-20(12-15-22)30(31,32)33/h7-15,34,39H,16-18H2,1-6H3,(H2,35,37,38,40,41). The van der Waals surface area contributed by atoms with Gasteiger partial charge in [-0.3, -0.25) is 20.3 Å². The Balaban J connectivity index is 1.68. The van der Waals surface area contributed by atoms with Crippen molar-refractivity contribution in [2.75, 3.05) is 17.8 Å². The van der Waals surface area contributed by atoms with Crippen molar-refractivity contribution in [2.24, 2.45) is 4.99 Å². The first-order chi connectivity index (χ1) is 21.2. The number of amides is 2. The number of carbonyl (C=O) groups excluding carboxylic acids is 2. The fourth-order valence-electron chi connectivity index (χ4n) is 3.77. The molecule has 0 fully saturated rings. The van der Waals surface area contributed by atoms with Crippen molar-refractivity contribution in [2.45, 2.75) is 70.4 Å². The Hall–Kier alpha value is -4.44. The zero-order chi connectivity index (χ0) is 34.3. The number of anilines is 1. The molecule has 0 spiro atoms. The molecule has 0 saturated heterocycles. The Labute approximate surface area is 265 Å². The van der Waals surface area contributed by atoms with Crippen LogP contribution in [0.2, 0.25) is 0 Å². The van der Waals surface area contributed by atoms with E-state index in [1.165, 1.54) is 6.07 Å². The number of hydrogen-bond acceptors (Lipinski definition) is 9. The third-order valence-corrected chi connectivity index (χ3v) is 7.00. The molecule has 3 rings (SSSR count). The molecule has 46 heavy (non-hydrogen) atoms. The van der Waals surface area contributed by atoms with Crippen molar-refractivity contribution in [3.8, 4) is 0 Å². The molecule has 0 unspecified atom stereocenters. The normalized spacial score (nSPS) is 12.3. The molecule has 250 valence electrons. The number of nitrogens with one attached hydrogen (secondary N) is 4. The van der Waals surface area contributed by atoms with Gasteiger partial charge in [0.1, 0.15) is 11.2 Å². The fraction of sp³-hybridized carbons (Fsp3) is 0.400. The number of nitrogens with zero attached hydrogens (tertiary/aromatic N) is 2. The first-order valence-electron chi connectivity index (χ1n) is 14.1. The molecule has 0 aliphatic rings. The van der Waals surface area contributed by atoms with Crippen LogP contribution >= 0.6 is 0 Å². The van der Waals surface area contributed by atoms with Gasteiger partial charge in [-0.1, -0.05) is 18.2 Å². The molecule has 2 aromatic carbocycles. The van der Waals surface area contributed by atoms with E-state index >= 15 is 0 Å². The topological polar surface area (TPSA) is 160 Å². The van der Waals surface area contributed by atoms with Crippen molar-refractivity contribution in [1.29, 1.82) is 0 Å². The van der Waals surface area contributed by atoms with E-state index in [0.29, 0.717) is 28.7 Å². The van der Waals surface area contributed by atoms with Gasteiger partial charge in [-0.15, -0.1) is 0 Å². The summed E-state index contributed by atoms with van der Waals surface area (Å²) >= 11 is 0. The van der Waals surface area contributed by atoms with E-state index in [1.54, 1.807) is 65.8 Å². The Morgan fingerprint density at radius 2 is 1.43 bits per heavy atom. The molecule has 3 aromatic rings. The molecule has 1 aromatic heterocycles. The lowest BCUT2D eigenvalue weighted by atomic mass is 10.2. The smallest absolute Gasteiger partial charge is 0.416 e. The molecule has 0 bridgehead atoms. The average molecular weight is 667 g/mol. The summed E-state index contributed by atoms with van der Waals surface area (Å²) in [7, 11) is -4.22. The van der Waals surface area contributed by atoms with Crippen LogP contribution in [0.25, 0.3) is 10.9 Å². The van der Waals surface area contributed by atoms with Crippen LogP contribution in [0.4, 0.5) is 28.4 Å². The van der Waals surface area contributed by atoms with E-state index in [1.807, 2.05) is 0 Å². The molecule has 2 amide bonds. The Morgan fingerprint density at radius 3 is 1.98 bits per heavy atom. The number of alkyl carbamates (subject to hydrolysis) is 2. The van der Waals surface area contributed by atoms with Crippen molar-refractivity contribution in [3.05, 3.63) is 65.9 Å². The highest BCUT2D eigenvalue weighted by atomic mass is 32.2. The van der Waals surface area contributed by atoms with Gasteiger partial charge in [0, 0.05) is 18.5 Å². The molecule has 1 heterocycles. The summed E-state index contributed by atoms with van der Waals surface area (Å²) in [6.45, 7) is 10.8. The number of fused-ring (bicyclic) bond motifs is 1. The number of aliphatic imine (C=N–C) groups is 1. The van der Waals surface area contributed by atoms with Gasteiger partial charge in [-0.2, -0.15) is 13.2 Å². The van der Waals surface area contributed by atoms with Crippen LogP contribution in [0.15, 0.2) is 64.5 Å². The Morgan fingerprint density at radius 1 is 0.848 bits per heavy atom. The predicted molar refractivity (Wildman–Crippen MR) is 167 cm³/mol. The first kappa shape index (κ1) is 36.0. The SMILES string of the molecule is CC(C)(C)OC(=O)NC(=NCCNCc1ccc2cccc(NS(=O)(=O)c3ccc(C(F)(F)F)cc3)c2n1)NC(=O)OC(C)(C)C. The van der Waals surface area contributed by atoms with E-state index < -0.39 is 45.2 Å². The number of pyridine rings is 1. The van der Waals surface area contributed by atoms with E-state index in [9.17, 15) is 31.2 Å². The van der Waals surface area contributed by atoms with E-state index in [0.717, 1.165) is 12.1 Å². The van der Waals surface area contributed by atoms with Crippen LogP contribution < -0.4 is 20.7 Å². The summed E-state index contributed by atoms with van der Waals surface area (Å²) in [4.78, 5) is 32.9.